The maximum atomic E-state index is 5.30. The highest BCUT2D eigenvalue weighted by Gasteiger charge is 2.17. The summed E-state index contributed by atoms with van der Waals surface area (Å²) in [5, 5.41) is 5.30. The normalized spacial score (nSPS) is 11.8. The van der Waals surface area contributed by atoms with Crippen LogP contribution in [0.4, 0.5) is 5.69 Å². The molecule has 0 saturated heterocycles. The molecule has 0 bridgehead atoms. The zero-order chi connectivity index (χ0) is 37.8. The number of unbranched alkanes of at least 4 members (excludes halogenated alkanes) is 9. The van der Waals surface area contributed by atoms with Crippen molar-refractivity contribution in [1.82, 2.24) is 0 Å². The van der Waals surface area contributed by atoms with Gasteiger partial charge in [-0.05, 0) is 124 Å². The summed E-state index contributed by atoms with van der Waals surface area (Å²) in [5.74, 6) is 0. The van der Waals surface area contributed by atoms with Crippen molar-refractivity contribution in [2.24, 2.45) is 5.11 Å². The molecule has 0 aliphatic heterocycles. The van der Waals surface area contributed by atoms with Crippen molar-refractivity contribution in [2.45, 2.75) is 124 Å². The molecule has 0 heterocycles. The van der Waals surface area contributed by atoms with Gasteiger partial charge >= 0.3 is 0 Å². The Morgan fingerprint density at radius 2 is 1.02 bits per heavy atom. The molecule has 0 fully saturated rings. The maximum Gasteiger partial charge on any atom is 0.196 e. The molecule has 54 heavy (non-hydrogen) atoms. The van der Waals surface area contributed by atoms with Gasteiger partial charge in [0.1, 0.15) is 5.69 Å². The van der Waals surface area contributed by atoms with Crippen molar-refractivity contribution in [3.63, 3.8) is 0 Å². The first kappa shape index (κ1) is 40.6. The van der Waals surface area contributed by atoms with Gasteiger partial charge in [-0.2, -0.15) is 0 Å². The van der Waals surface area contributed by atoms with Gasteiger partial charge in [0.2, 0.25) is 0 Å². The Hall–Kier alpha value is -4.56. The predicted octanol–water partition coefficient (Wildman–Crippen LogP) is 15.8. The average Bonchev–Trinajstić information content (AvgIpc) is 3.22. The average molecular weight is 718 g/mol. The maximum absolute atomic E-state index is 5.30. The number of rotatable bonds is 22. The van der Waals surface area contributed by atoms with Crippen molar-refractivity contribution in [3.8, 4) is 33.4 Å². The van der Waals surface area contributed by atoms with E-state index in [2.05, 4.69) is 160 Å². The monoisotopic (exact) mass is 718 g/mol. The van der Waals surface area contributed by atoms with E-state index in [4.69, 9.17) is 5.11 Å². The molecule has 0 N–H and O–H groups in total. The third-order valence-corrected chi connectivity index (χ3v) is 10.7. The van der Waals surface area contributed by atoms with E-state index < -0.39 is 0 Å². The summed E-state index contributed by atoms with van der Waals surface area (Å²) in [6, 6.07) is 42.5. The van der Waals surface area contributed by atoms with E-state index >= 15 is 0 Å². The predicted molar refractivity (Wildman–Crippen MR) is 235 cm³/mol. The van der Waals surface area contributed by atoms with Crippen LogP contribution in [0.5, 0.6) is 0 Å². The van der Waals surface area contributed by atoms with Crippen molar-refractivity contribution in [3.05, 3.63) is 144 Å². The van der Waals surface area contributed by atoms with E-state index in [-0.39, 0.29) is 0 Å². The second-order valence-corrected chi connectivity index (χ2v) is 14.9. The van der Waals surface area contributed by atoms with Gasteiger partial charge in [0.05, 0.1) is 0 Å². The van der Waals surface area contributed by atoms with Crippen LogP contribution in [0.2, 0.25) is 0 Å². The smallest absolute Gasteiger partial charge is 0.0910 e. The Labute approximate surface area is 328 Å². The lowest BCUT2D eigenvalue weighted by molar-refractivity contribution is -0.519. The summed E-state index contributed by atoms with van der Waals surface area (Å²) < 4.78 is 2.12. The zero-order valence-electron chi connectivity index (χ0n) is 33.8. The largest absolute Gasteiger partial charge is 0.196 e. The summed E-state index contributed by atoms with van der Waals surface area (Å²) >= 11 is 0. The fourth-order valence-electron chi connectivity index (χ4n) is 7.70. The van der Waals surface area contributed by atoms with E-state index in [9.17, 15) is 0 Å². The first-order valence-corrected chi connectivity index (χ1v) is 21.3. The van der Waals surface area contributed by atoms with E-state index in [1.165, 1.54) is 133 Å². The van der Waals surface area contributed by atoms with Gasteiger partial charge in [-0.15, -0.1) is 0 Å². The van der Waals surface area contributed by atoms with Gasteiger partial charge < -0.3 is 0 Å². The SMILES string of the molecule is CCCCCCCCc1c(CCCC)cc(N=[N+](C=Cc2cc(CCCCCC)c(-c3ccccc3)c(-c3ccccc3)c2)CC)cc1-c1ccccc1. The minimum Gasteiger partial charge on any atom is -0.0910 e. The van der Waals surface area contributed by atoms with Crippen LogP contribution in [0.1, 0.15) is 127 Å². The number of azo groups is 2. The van der Waals surface area contributed by atoms with Gasteiger partial charge in [0.15, 0.2) is 12.7 Å². The molecule has 0 aliphatic rings. The minimum absolute atomic E-state index is 0.790. The molecule has 2 nitrogen and oxygen atoms in total. The van der Waals surface area contributed by atoms with Gasteiger partial charge in [-0.1, -0.05) is 180 Å². The Balaban J connectivity index is 1.54. The molecule has 0 unspecified atom stereocenters. The van der Waals surface area contributed by atoms with E-state index in [0.29, 0.717) is 0 Å². The molecule has 0 radical (unpaired) electrons. The third kappa shape index (κ3) is 12.0. The molecule has 5 aromatic carbocycles. The lowest BCUT2D eigenvalue weighted by Gasteiger charge is -2.18. The Kier molecular flexibility index (Phi) is 17.0. The second kappa shape index (κ2) is 22.6. The molecular formula is C52H65N2+. The highest BCUT2D eigenvalue weighted by molar-refractivity contribution is 5.87. The molecule has 0 aliphatic carbocycles. The van der Waals surface area contributed by atoms with Crippen molar-refractivity contribution in [2.75, 3.05) is 6.54 Å². The summed E-state index contributed by atoms with van der Waals surface area (Å²) in [5.41, 5.74) is 14.5. The van der Waals surface area contributed by atoms with Gasteiger partial charge in [-0.25, -0.2) is 0 Å². The summed E-state index contributed by atoms with van der Waals surface area (Å²) in [4.78, 5) is 0. The van der Waals surface area contributed by atoms with E-state index in [1.54, 1.807) is 0 Å². The summed E-state index contributed by atoms with van der Waals surface area (Å²) in [6.45, 7) is 9.88. The Morgan fingerprint density at radius 1 is 0.481 bits per heavy atom. The number of hydrogen-bond donors (Lipinski definition) is 0. The number of aryl methyl sites for hydroxylation is 2. The van der Waals surface area contributed by atoms with Crippen LogP contribution in [-0.4, -0.2) is 11.2 Å². The van der Waals surface area contributed by atoms with Gasteiger partial charge in [0, 0.05) is 6.08 Å². The molecule has 282 valence electrons. The first-order chi connectivity index (χ1) is 26.6. The van der Waals surface area contributed by atoms with Crippen LogP contribution >= 0.6 is 0 Å². The fourth-order valence-corrected chi connectivity index (χ4v) is 7.70. The highest BCUT2D eigenvalue weighted by Crippen LogP contribution is 2.38. The summed E-state index contributed by atoms with van der Waals surface area (Å²) in [7, 11) is 0. The van der Waals surface area contributed by atoms with E-state index in [1.807, 2.05) is 0 Å². The molecule has 0 atom stereocenters. The molecular weight excluding hydrogens is 653 g/mol. The lowest BCUT2D eigenvalue weighted by atomic mass is 9.86. The minimum atomic E-state index is 0.790. The molecule has 0 aromatic heterocycles. The number of hydrogen-bond acceptors (Lipinski definition) is 1. The van der Waals surface area contributed by atoms with Gasteiger partial charge in [-0.3, -0.25) is 0 Å². The van der Waals surface area contributed by atoms with E-state index in [0.717, 1.165) is 31.5 Å². The van der Waals surface area contributed by atoms with Crippen molar-refractivity contribution < 1.29 is 4.70 Å². The topological polar surface area (TPSA) is 15.4 Å². The van der Waals surface area contributed by atoms with Crippen LogP contribution in [0, 0.1) is 0 Å². The zero-order valence-corrected chi connectivity index (χ0v) is 33.8. The quantitative estimate of drug-likeness (QED) is 0.0385. The second-order valence-electron chi connectivity index (χ2n) is 14.9. The molecule has 5 rings (SSSR count). The lowest BCUT2D eigenvalue weighted by Crippen LogP contribution is -2.02. The van der Waals surface area contributed by atoms with Crippen LogP contribution in [-0.2, 0) is 19.3 Å². The van der Waals surface area contributed by atoms with Gasteiger partial charge in [0.25, 0.3) is 0 Å². The molecule has 0 spiro atoms. The van der Waals surface area contributed by atoms with Crippen LogP contribution in [0.25, 0.3) is 39.5 Å². The summed E-state index contributed by atoms with van der Waals surface area (Å²) in [6.07, 6.45) is 23.0. The number of nitrogens with zero attached hydrogens (tertiary/aromatic N) is 2. The molecule has 2 heteroatoms. The Bertz CT molecular complexity index is 1890. The van der Waals surface area contributed by atoms with Crippen LogP contribution in [0.3, 0.4) is 0 Å². The molecule has 0 amide bonds. The number of benzene rings is 5. The standard InChI is InChI=1S/C52H65N2/c1-5-9-12-14-15-26-35-49-46(27-11-7-3)40-48(41-50(49)43-28-20-16-21-29-43)53-54(8-4)37-36-42-38-47(34-19-13-10-6-2)52(45-32-24-18-25-33-45)51(39-42)44-30-22-17-23-31-44/h16-18,20-25,28-33,36-41H,5-15,19,26-27,34-35H2,1-4H3/q+1. The van der Waals surface area contributed by atoms with Crippen molar-refractivity contribution in [1.29, 1.82) is 0 Å². The van der Waals surface area contributed by atoms with Crippen molar-refractivity contribution >= 4 is 11.8 Å². The first-order valence-electron chi connectivity index (χ1n) is 21.3. The fraction of sp³-hybridized carbons (Fsp3) is 0.385. The van der Waals surface area contributed by atoms with Crippen LogP contribution in [0.15, 0.2) is 127 Å². The highest BCUT2D eigenvalue weighted by atomic mass is 15.2. The molecule has 0 saturated carbocycles. The van der Waals surface area contributed by atoms with Crippen LogP contribution < -0.4 is 0 Å². The Morgan fingerprint density at radius 3 is 1.65 bits per heavy atom. The third-order valence-electron chi connectivity index (χ3n) is 10.7. The molecule has 5 aromatic rings.